The summed E-state index contributed by atoms with van der Waals surface area (Å²) < 4.78 is 16.7. The van der Waals surface area contributed by atoms with Gasteiger partial charge in [-0.2, -0.15) is 0 Å². The molecular formula is C14H25NO4. The van der Waals surface area contributed by atoms with Gasteiger partial charge in [0.15, 0.2) is 6.29 Å². The molecule has 1 aliphatic carbocycles. The Morgan fingerprint density at radius 2 is 2.05 bits per heavy atom. The predicted molar refractivity (Wildman–Crippen MR) is 70.9 cm³/mol. The molecule has 19 heavy (non-hydrogen) atoms. The van der Waals surface area contributed by atoms with E-state index in [9.17, 15) is 4.79 Å². The minimum atomic E-state index is -0.455. The normalized spacial score (nSPS) is 30.8. The molecule has 1 saturated heterocycles. The molecule has 2 rings (SSSR count). The minimum absolute atomic E-state index is 0.0872. The number of likely N-dealkylation sites (N-methyl/N-ethyl adjacent to an activating group) is 1. The largest absolute Gasteiger partial charge is 0.444 e. The average molecular weight is 271 g/mol. The monoisotopic (exact) mass is 271 g/mol. The van der Waals surface area contributed by atoms with E-state index in [1.807, 2.05) is 20.8 Å². The third-order valence-electron chi connectivity index (χ3n) is 3.34. The number of hydrogen-bond acceptors (Lipinski definition) is 4. The van der Waals surface area contributed by atoms with Gasteiger partial charge in [-0.1, -0.05) is 0 Å². The van der Waals surface area contributed by atoms with Gasteiger partial charge in [-0.25, -0.2) is 4.79 Å². The van der Waals surface area contributed by atoms with E-state index in [1.165, 1.54) is 0 Å². The zero-order chi connectivity index (χ0) is 14.0. The van der Waals surface area contributed by atoms with Gasteiger partial charge in [-0.05, 0) is 46.5 Å². The molecular weight excluding hydrogens is 246 g/mol. The Morgan fingerprint density at radius 1 is 1.32 bits per heavy atom. The lowest BCUT2D eigenvalue weighted by atomic mass is 10.2. The fraction of sp³-hybridized carbons (Fsp3) is 0.929. The van der Waals surface area contributed by atoms with E-state index in [4.69, 9.17) is 14.2 Å². The molecule has 5 nitrogen and oxygen atoms in total. The summed E-state index contributed by atoms with van der Waals surface area (Å²) in [6.07, 6.45) is 3.83. The summed E-state index contributed by atoms with van der Waals surface area (Å²) >= 11 is 0. The third kappa shape index (κ3) is 4.35. The van der Waals surface area contributed by atoms with E-state index in [0.717, 1.165) is 32.3 Å². The van der Waals surface area contributed by atoms with Gasteiger partial charge in [0.05, 0.1) is 12.1 Å². The fourth-order valence-corrected chi connectivity index (χ4v) is 2.20. The molecule has 0 radical (unpaired) electrons. The molecule has 1 heterocycles. The van der Waals surface area contributed by atoms with Gasteiger partial charge < -0.3 is 19.1 Å². The summed E-state index contributed by atoms with van der Waals surface area (Å²) in [6.45, 7) is 6.39. The van der Waals surface area contributed by atoms with E-state index in [2.05, 4.69) is 0 Å². The quantitative estimate of drug-likeness (QED) is 0.791. The number of carbonyl (C=O) groups excluding carboxylic acids is 1. The Morgan fingerprint density at radius 3 is 2.63 bits per heavy atom. The maximum Gasteiger partial charge on any atom is 0.410 e. The van der Waals surface area contributed by atoms with Crippen LogP contribution in [0.2, 0.25) is 0 Å². The highest BCUT2D eigenvalue weighted by Crippen LogP contribution is 2.33. The van der Waals surface area contributed by atoms with Gasteiger partial charge >= 0.3 is 6.09 Å². The lowest BCUT2D eigenvalue weighted by molar-refractivity contribution is -0.171. The number of ether oxygens (including phenoxy) is 3. The van der Waals surface area contributed by atoms with Crippen molar-refractivity contribution in [2.45, 2.75) is 70.5 Å². The standard InChI is InChI=1S/C14H25NO4/c1-14(2,3)19-13(16)15(4)10-9-11(10)18-12-7-5-6-8-17-12/h10-12H,5-9H2,1-4H3/t10-,11+,12?/m1/s1. The van der Waals surface area contributed by atoms with Crippen molar-refractivity contribution in [3.05, 3.63) is 0 Å². The van der Waals surface area contributed by atoms with E-state index in [-0.39, 0.29) is 24.5 Å². The maximum atomic E-state index is 11.9. The first-order chi connectivity index (χ1) is 8.87. The van der Waals surface area contributed by atoms with E-state index in [0.29, 0.717) is 0 Å². The molecule has 0 aromatic rings. The third-order valence-corrected chi connectivity index (χ3v) is 3.34. The molecule has 1 unspecified atom stereocenters. The Bertz CT molecular complexity index is 320. The number of rotatable bonds is 3. The molecule has 5 heteroatoms. The van der Waals surface area contributed by atoms with Crippen molar-refractivity contribution in [3.63, 3.8) is 0 Å². The van der Waals surface area contributed by atoms with Crippen molar-refractivity contribution < 1.29 is 19.0 Å². The zero-order valence-electron chi connectivity index (χ0n) is 12.3. The van der Waals surface area contributed by atoms with Crippen molar-refractivity contribution in [2.24, 2.45) is 0 Å². The first-order valence-corrected chi connectivity index (χ1v) is 7.10. The highest BCUT2D eigenvalue weighted by Gasteiger charge is 2.46. The van der Waals surface area contributed by atoms with Gasteiger partial charge in [-0.15, -0.1) is 0 Å². The van der Waals surface area contributed by atoms with Gasteiger partial charge in [0, 0.05) is 13.7 Å². The van der Waals surface area contributed by atoms with Crippen LogP contribution in [0.15, 0.2) is 0 Å². The number of carbonyl (C=O) groups is 1. The van der Waals surface area contributed by atoms with Crippen molar-refractivity contribution in [1.29, 1.82) is 0 Å². The highest BCUT2D eigenvalue weighted by molar-refractivity contribution is 5.68. The van der Waals surface area contributed by atoms with E-state index < -0.39 is 5.60 Å². The lowest BCUT2D eigenvalue weighted by Crippen LogP contribution is -2.37. The maximum absolute atomic E-state index is 11.9. The van der Waals surface area contributed by atoms with Crippen LogP contribution in [0.4, 0.5) is 4.79 Å². The number of amides is 1. The van der Waals surface area contributed by atoms with Crippen LogP contribution in [0.1, 0.15) is 46.5 Å². The first-order valence-electron chi connectivity index (χ1n) is 7.10. The Labute approximate surface area is 115 Å². The summed E-state index contributed by atoms with van der Waals surface area (Å²) in [5, 5.41) is 0. The van der Waals surface area contributed by atoms with Gasteiger partial charge in [0.2, 0.25) is 0 Å². The van der Waals surface area contributed by atoms with Crippen LogP contribution < -0.4 is 0 Å². The molecule has 0 aromatic carbocycles. The van der Waals surface area contributed by atoms with Crippen molar-refractivity contribution in [3.8, 4) is 0 Å². The van der Waals surface area contributed by atoms with Crippen LogP contribution in [0.3, 0.4) is 0 Å². The summed E-state index contributed by atoms with van der Waals surface area (Å²) in [5.74, 6) is 0. The predicted octanol–water partition coefficient (Wildman–Crippen LogP) is 2.54. The molecule has 0 bridgehead atoms. The van der Waals surface area contributed by atoms with E-state index >= 15 is 0 Å². The van der Waals surface area contributed by atoms with Crippen LogP contribution in [0.25, 0.3) is 0 Å². The second-order valence-electron chi connectivity index (χ2n) is 6.36. The Kier molecular flexibility index (Phi) is 4.36. The summed E-state index contributed by atoms with van der Waals surface area (Å²) in [6, 6.07) is 0.125. The molecule has 1 aliphatic heterocycles. The van der Waals surface area contributed by atoms with Crippen molar-refractivity contribution in [1.82, 2.24) is 4.90 Å². The molecule has 110 valence electrons. The molecule has 3 atom stereocenters. The van der Waals surface area contributed by atoms with Crippen molar-refractivity contribution in [2.75, 3.05) is 13.7 Å². The molecule has 2 aliphatic rings. The Hall–Kier alpha value is -0.810. The summed E-state index contributed by atoms with van der Waals surface area (Å²) in [4.78, 5) is 13.5. The average Bonchev–Trinajstić information content (AvgIpc) is 3.06. The van der Waals surface area contributed by atoms with Crippen LogP contribution in [0, 0.1) is 0 Å². The van der Waals surface area contributed by atoms with Crippen molar-refractivity contribution >= 4 is 6.09 Å². The molecule has 0 spiro atoms. The number of hydrogen-bond donors (Lipinski definition) is 0. The van der Waals surface area contributed by atoms with Crippen LogP contribution in [-0.4, -0.2) is 48.7 Å². The molecule has 0 aromatic heterocycles. The smallest absolute Gasteiger partial charge is 0.410 e. The minimum Gasteiger partial charge on any atom is -0.444 e. The number of nitrogens with zero attached hydrogens (tertiary/aromatic N) is 1. The molecule has 2 fully saturated rings. The first kappa shape index (κ1) is 14.6. The lowest BCUT2D eigenvalue weighted by Gasteiger charge is -2.26. The van der Waals surface area contributed by atoms with Gasteiger partial charge in [0.1, 0.15) is 5.60 Å². The van der Waals surface area contributed by atoms with Crippen LogP contribution in [-0.2, 0) is 14.2 Å². The molecule has 1 amide bonds. The van der Waals surface area contributed by atoms with E-state index in [1.54, 1.807) is 11.9 Å². The molecule has 0 N–H and O–H groups in total. The van der Waals surface area contributed by atoms with Crippen LogP contribution in [0.5, 0.6) is 0 Å². The van der Waals surface area contributed by atoms with Gasteiger partial charge in [0.25, 0.3) is 0 Å². The highest BCUT2D eigenvalue weighted by atomic mass is 16.7. The Balaban J connectivity index is 1.73. The topological polar surface area (TPSA) is 48.0 Å². The second kappa shape index (κ2) is 5.67. The molecule has 1 saturated carbocycles. The zero-order valence-corrected chi connectivity index (χ0v) is 12.3. The van der Waals surface area contributed by atoms with Gasteiger partial charge in [-0.3, -0.25) is 0 Å². The van der Waals surface area contributed by atoms with Crippen LogP contribution >= 0.6 is 0 Å². The fourth-order valence-electron chi connectivity index (χ4n) is 2.20. The SMILES string of the molecule is CN(C(=O)OC(C)(C)C)[C@@H]1C[C@@H]1OC1CCCCO1. The summed E-state index contributed by atoms with van der Waals surface area (Å²) in [7, 11) is 1.77. The second-order valence-corrected chi connectivity index (χ2v) is 6.36. The summed E-state index contributed by atoms with van der Waals surface area (Å²) in [5.41, 5.74) is -0.455.